The first-order chi connectivity index (χ1) is 15.8. The van der Waals surface area contributed by atoms with Crippen LogP contribution in [0.5, 0.6) is 0 Å². The van der Waals surface area contributed by atoms with Gasteiger partial charge in [-0.05, 0) is 49.1 Å². The summed E-state index contributed by atoms with van der Waals surface area (Å²) in [5, 5.41) is 2.58. The molecule has 1 saturated carbocycles. The third-order valence-electron chi connectivity index (χ3n) is 6.39. The van der Waals surface area contributed by atoms with Crippen molar-refractivity contribution in [2.45, 2.75) is 62.7 Å². The number of hydrogen-bond acceptors (Lipinski definition) is 3. The Balaban J connectivity index is 1.63. The highest BCUT2D eigenvalue weighted by molar-refractivity contribution is 7.99. The zero-order valence-corrected chi connectivity index (χ0v) is 19.2. The van der Waals surface area contributed by atoms with E-state index in [0.717, 1.165) is 43.4 Å². The standard InChI is InChI=1S/C25H27F3N2O2S/c1-16-7-5-6-10-20(16)23(32)30-21(22(31)29-19-8-3-2-4-9-19)15-33-24(30)17-11-13-18(14-12-17)25(26,27)28/h5-7,10-14,19,21,24H,2-4,8-9,15H2,1H3,(H,29,31). The van der Waals surface area contributed by atoms with E-state index >= 15 is 0 Å². The van der Waals surface area contributed by atoms with Crippen LogP contribution in [0.25, 0.3) is 0 Å². The molecule has 176 valence electrons. The fraction of sp³-hybridized carbons (Fsp3) is 0.440. The van der Waals surface area contributed by atoms with E-state index in [4.69, 9.17) is 0 Å². The molecule has 33 heavy (non-hydrogen) atoms. The number of nitrogens with zero attached hydrogens (tertiary/aromatic N) is 1. The van der Waals surface area contributed by atoms with Crippen molar-refractivity contribution in [3.8, 4) is 0 Å². The first kappa shape index (κ1) is 23.7. The minimum Gasteiger partial charge on any atom is -0.352 e. The summed E-state index contributed by atoms with van der Waals surface area (Å²) in [4.78, 5) is 28.4. The molecule has 2 aromatic carbocycles. The lowest BCUT2D eigenvalue weighted by atomic mass is 9.95. The molecule has 0 bridgehead atoms. The second kappa shape index (κ2) is 9.79. The summed E-state index contributed by atoms with van der Waals surface area (Å²) in [7, 11) is 0. The molecule has 2 unspecified atom stereocenters. The van der Waals surface area contributed by atoms with E-state index < -0.39 is 23.2 Å². The molecular weight excluding hydrogens is 449 g/mol. The predicted octanol–water partition coefficient (Wildman–Crippen LogP) is 5.72. The topological polar surface area (TPSA) is 49.4 Å². The van der Waals surface area contributed by atoms with Gasteiger partial charge < -0.3 is 10.2 Å². The molecule has 0 spiro atoms. The van der Waals surface area contributed by atoms with Crippen molar-refractivity contribution >= 4 is 23.6 Å². The van der Waals surface area contributed by atoms with Crippen molar-refractivity contribution in [2.24, 2.45) is 0 Å². The summed E-state index contributed by atoms with van der Waals surface area (Å²) >= 11 is 1.41. The number of halogens is 3. The molecule has 1 N–H and O–H groups in total. The highest BCUT2D eigenvalue weighted by Crippen LogP contribution is 2.43. The van der Waals surface area contributed by atoms with E-state index in [0.29, 0.717) is 16.9 Å². The smallest absolute Gasteiger partial charge is 0.352 e. The Kier molecular flexibility index (Phi) is 7.02. The maximum Gasteiger partial charge on any atom is 0.416 e. The van der Waals surface area contributed by atoms with Gasteiger partial charge in [0.05, 0.1) is 5.56 Å². The van der Waals surface area contributed by atoms with Crippen LogP contribution in [0.4, 0.5) is 13.2 Å². The lowest BCUT2D eigenvalue weighted by molar-refractivity contribution is -0.137. The molecular formula is C25H27F3N2O2S. The first-order valence-corrected chi connectivity index (χ1v) is 12.3. The van der Waals surface area contributed by atoms with Gasteiger partial charge in [-0.2, -0.15) is 13.2 Å². The van der Waals surface area contributed by atoms with Gasteiger partial charge in [-0.3, -0.25) is 9.59 Å². The summed E-state index contributed by atoms with van der Waals surface area (Å²) in [6.07, 6.45) is 0.744. The molecule has 2 atom stereocenters. The van der Waals surface area contributed by atoms with Crippen molar-refractivity contribution in [1.29, 1.82) is 0 Å². The maximum atomic E-state index is 13.6. The third kappa shape index (κ3) is 5.21. The largest absolute Gasteiger partial charge is 0.416 e. The van der Waals surface area contributed by atoms with Gasteiger partial charge in [-0.1, -0.05) is 49.6 Å². The fourth-order valence-corrected chi connectivity index (χ4v) is 5.98. The second-order valence-electron chi connectivity index (χ2n) is 8.69. The Labute approximate surface area is 195 Å². The van der Waals surface area contributed by atoms with Gasteiger partial charge in [-0.15, -0.1) is 11.8 Å². The molecule has 1 aliphatic carbocycles. The van der Waals surface area contributed by atoms with Crippen molar-refractivity contribution in [2.75, 3.05) is 5.75 Å². The molecule has 2 aliphatic rings. The summed E-state index contributed by atoms with van der Waals surface area (Å²) < 4.78 is 39.1. The van der Waals surface area contributed by atoms with Crippen LogP contribution in [0.1, 0.15) is 64.5 Å². The van der Waals surface area contributed by atoms with Gasteiger partial charge in [0, 0.05) is 17.4 Å². The SMILES string of the molecule is Cc1ccccc1C(=O)N1C(C(=O)NC2CCCCC2)CSC1c1ccc(C(F)(F)F)cc1. The van der Waals surface area contributed by atoms with Gasteiger partial charge in [0.25, 0.3) is 5.91 Å². The minimum atomic E-state index is -4.43. The average molecular weight is 477 g/mol. The highest BCUT2D eigenvalue weighted by Gasteiger charge is 2.43. The van der Waals surface area contributed by atoms with Crippen molar-refractivity contribution < 1.29 is 22.8 Å². The summed E-state index contributed by atoms with van der Waals surface area (Å²) in [5.74, 6) is -0.0838. The number of carbonyl (C=O) groups is 2. The van der Waals surface area contributed by atoms with Crippen molar-refractivity contribution in [3.05, 3.63) is 70.8 Å². The second-order valence-corrected chi connectivity index (χ2v) is 9.81. The van der Waals surface area contributed by atoms with E-state index in [-0.39, 0.29) is 17.9 Å². The van der Waals surface area contributed by atoms with Gasteiger partial charge >= 0.3 is 6.18 Å². The third-order valence-corrected chi connectivity index (χ3v) is 7.71. The minimum absolute atomic E-state index is 0.108. The quantitative estimate of drug-likeness (QED) is 0.614. The van der Waals surface area contributed by atoms with Crippen LogP contribution >= 0.6 is 11.8 Å². The molecule has 1 heterocycles. The van der Waals surface area contributed by atoms with Crippen LogP contribution in [0.3, 0.4) is 0 Å². The zero-order valence-electron chi connectivity index (χ0n) is 18.4. The lowest BCUT2D eigenvalue weighted by Crippen LogP contribution is -2.50. The number of alkyl halides is 3. The maximum absolute atomic E-state index is 13.6. The van der Waals surface area contributed by atoms with Crippen LogP contribution in [0.15, 0.2) is 48.5 Å². The van der Waals surface area contributed by atoms with Crippen LogP contribution in [-0.2, 0) is 11.0 Å². The van der Waals surface area contributed by atoms with E-state index in [1.807, 2.05) is 19.1 Å². The molecule has 4 rings (SSSR count). The molecule has 1 aliphatic heterocycles. The van der Waals surface area contributed by atoms with E-state index in [1.165, 1.54) is 30.3 Å². The van der Waals surface area contributed by atoms with Crippen molar-refractivity contribution in [3.63, 3.8) is 0 Å². The lowest BCUT2D eigenvalue weighted by Gasteiger charge is -2.31. The Morgan fingerprint density at radius 2 is 1.67 bits per heavy atom. The zero-order chi connectivity index (χ0) is 23.6. The number of benzene rings is 2. The Morgan fingerprint density at radius 3 is 2.30 bits per heavy atom. The van der Waals surface area contributed by atoms with E-state index in [2.05, 4.69) is 5.32 Å². The Hall–Kier alpha value is -2.48. The molecule has 2 fully saturated rings. The average Bonchev–Trinajstić information content (AvgIpc) is 3.24. The van der Waals surface area contributed by atoms with Crippen LogP contribution in [0, 0.1) is 6.92 Å². The number of rotatable bonds is 4. The summed E-state index contributed by atoms with van der Waals surface area (Å²) in [5.41, 5.74) is 1.12. The molecule has 4 nitrogen and oxygen atoms in total. The number of thioether (sulfide) groups is 1. The predicted molar refractivity (Wildman–Crippen MR) is 123 cm³/mol. The number of hydrogen-bond donors (Lipinski definition) is 1. The number of carbonyl (C=O) groups excluding carboxylic acids is 2. The van der Waals surface area contributed by atoms with E-state index in [1.54, 1.807) is 17.0 Å². The van der Waals surface area contributed by atoms with Crippen LogP contribution in [0.2, 0.25) is 0 Å². The Bertz CT molecular complexity index is 1000. The number of aryl methyl sites for hydroxylation is 1. The Morgan fingerprint density at radius 1 is 1.00 bits per heavy atom. The molecule has 2 aromatic rings. The van der Waals surface area contributed by atoms with Gasteiger partial charge in [0.15, 0.2) is 0 Å². The molecule has 0 radical (unpaired) electrons. The molecule has 2 amide bonds. The molecule has 0 aromatic heterocycles. The molecule has 1 saturated heterocycles. The van der Waals surface area contributed by atoms with E-state index in [9.17, 15) is 22.8 Å². The van der Waals surface area contributed by atoms with Crippen LogP contribution < -0.4 is 5.32 Å². The van der Waals surface area contributed by atoms with Gasteiger partial charge in [0.2, 0.25) is 5.91 Å². The van der Waals surface area contributed by atoms with Gasteiger partial charge in [-0.25, -0.2) is 0 Å². The van der Waals surface area contributed by atoms with Gasteiger partial charge in [0.1, 0.15) is 11.4 Å². The normalized spacial score (nSPS) is 21.8. The highest BCUT2D eigenvalue weighted by atomic mass is 32.2. The van der Waals surface area contributed by atoms with Crippen molar-refractivity contribution in [1.82, 2.24) is 10.2 Å². The monoisotopic (exact) mass is 476 g/mol. The summed E-state index contributed by atoms with van der Waals surface area (Å²) in [6, 6.07) is 11.5. The molecule has 8 heteroatoms. The number of nitrogens with one attached hydrogen (secondary N) is 1. The first-order valence-electron chi connectivity index (χ1n) is 11.2. The fourth-order valence-electron chi connectivity index (χ4n) is 4.55. The summed E-state index contributed by atoms with van der Waals surface area (Å²) in [6.45, 7) is 1.83. The van der Waals surface area contributed by atoms with Crippen LogP contribution in [-0.4, -0.2) is 34.6 Å². The number of amides is 2.